The summed E-state index contributed by atoms with van der Waals surface area (Å²) in [5.41, 5.74) is 4.78. The maximum Gasteiger partial charge on any atom is 0.339 e. The molecule has 0 unspecified atom stereocenters. The standard InChI is InChI=1S/C11H12ClN3O4/c1-15(5-8(13)16)11(19)14-7-4-2-3-6(12)9(7)10(17)18/h2-4H,5H2,1H3,(H2,13,16)(H,14,19)(H,17,18). The highest BCUT2D eigenvalue weighted by atomic mass is 35.5. The van der Waals surface area contributed by atoms with E-state index >= 15 is 0 Å². The molecule has 4 N–H and O–H groups in total. The number of nitrogens with zero attached hydrogens (tertiary/aromatic N) is 1. The molecule has 19 heavy (non-hydrogen) atoms. The number of carbonyl (C=O) groups is 3. The van der Waals surface area contributed by atoms with Gasteiger partial charge in [-0.25, -0.2) is 9.59 Å². The lowest BCUT2D eigenvalue weighted by atomic mass is 10.2. The lowest BCUT2D eigenvalue weighted by molar-refractivity contribution is -0.118. The van der Waals surface area contributed by atoms with Crippen molar-refractivity contribution in [2.24, 2.45) is 5.73 Å². The molecule has 0 aromatic heterocycles. The summed E-state index contributed by atoms with van der Waals surface area (Å²) < 4.78 is 0. The molecule has 8 heteroatoms. The van der Waals surface area contributed by atoms with Crippen LogP contribution in [0.2, 0.25) is 5.02 Å². The summed E-state index contributed by atoms with van der Waals surface area (Å²) in [7, 11) is 1.35. The second kappa shape index (κ2) is 6.05. The number of aromatic carboxylic acids is 1. The number of carbonyl (C=O) groups excluding carboxylic acids is 2. The predicted molar refractivity (Wildman–Crippen MR) is 69.3 cm³/mol. The Kier molecular flexibility index (Phi) is 4.71. The van der Waals surface area contributed by atoms with E-state index in [0.717, 1.165) is 4.90 Å². The second-order valence-electron chi connectivity index (χ2n) is 3.72. The first-order valence-electron chi connectivity index (χ1n) is 5.15. The van der Waals surface area contributed by atoms with Crippen molar-refractivity contribution in [1.82, 2.24) is 4.90 Å². The molecule has 102 valence electrons. The number of primary amides is 1. The minimum atomic E-state index is -1.27. The summed E-state index contributed by atoms with van der Waals surface area (Å²) >= 11 is 5.75. The summed E-state index contributed by atoms with van der Waals surface area (Å²) in [6.45, 7) is -0.283. The van der Waals surface area contributed by atoms with Crippen molar-refractivity contribution >= 4 is 35.2 Å². The SMILES string of the molecule is CN(CC(N)=O)C(=O)Nc1cccc(Cl)c1C(=O)O. The molecule has 0 saturated heterocycles. The van der Waals surface area contributed by atoms with Crippen molar-refractivity contribution < 1.29 is 19.5 Å². The van der Waals surface area contributed by atoms with Gasteiger partial charge in [-0.2, -0.15) is 0 Å². The largest absolute Gasteiger partial charge is 0.478 e. The quantitative estimate of drug-likeness (QED) is 0.765. The molecule has 0 heterocycles. The van der Waals surface area contributed by atoms with Crippen LogP contribution in [-0.4, -0.2) is 41.5 Å². The molecule has 0 aliphatic heterocycles. The zero-order valence-electron chi connectivity index (χ0n) is 10.0. The number of amides is 3. The van der Waals surface area contributed by atoms with Crippen molar-refractivity contribution in [3.63, 3.8) is 0 Å². The fraction of sp³-hybridized carbons (Fsp3) is 0.182. The molecule has 1 rings (SSSR count). The lowest BCUT2D eigenvalue weighted by Crippen LogP contribution is -2.38. The molecule has 3 amide bonds. The maximum absolute atomic E-state index is 11.7. The average molecular weight is 286 g/mol. The third-order valence-corrected chi connectivity index (χ3v) is 2.52. The van der Waals surface area contributed by atoms with Crippen molar-refractivity contribution in [3.8, 4) is 0 Å². The van der Waals surface area contributed by atoms with Gasteiger partial charge in [-0.05, 0) is 12.1 Å². The molecule has 0 aliphatic rings. The van der Waals surface area contributed by atoms with Crippen LogP contribution in [0.1, 0.15) is 10.4 Å². The van der Waals surface area contributed by atoms with Crippen molar-refractivity contribution in [2.75, 3.05) is 18.9 Å². The van der Waals surface area contributed by atoms with Crippen LogP contribution in [0.5, 0.6) is 0 Å². The zero-order valence-corrected chi connectivity index (χ0v) is 10.8. The minimum absolute atomic E-state index is 0.00264. The topological polar surface area (TPSA) is 113 Å². The minimum Gasteiger partial charge on any atom is -0.478 e. The molecule has 0 fully saturated rings. The van der Waals surface area contributed by atoms with Crippen LogP contribution in [0.15, 0.2) is 18.2 Å². The lowest BCUT2D eigenvalue weighted by Gasteiger charge is -2.17. The molecule has 0 saturated carbocycles. The number of halogens is 1. The van der Waals surface area contributed by atoms with Crippen LogP contribution in [-0.2, 0) is 4.79 Å². The summed E-state index contributed by atoms with van der Waals surface area (Å²) in [6.07, 6.45) is 0. The van der Waals surface area contributed by atoms with Gasteiger partial charge in [0, 0.05) is 7.05 Å². The Morgan fingerprint density at radius 1 is 1.42 bits per heavy atom. The van der Waals surface area contributed by atoms with Crippen LogP contribution in [0.25, 0.3) is 0 Å². The van der Waals surface area contributed by atoms with Crippen molar-refractivity contribution in [1.29, 1.82) is 0 Å². The number of carboxylic acid groups (broad SMARTS) is 1. The van der Waals surface area contributed by atoms with Gasteiger partial charge in [-0.1, -0.05) is 17.7 Å². The van der Waals surface area contributed by atoms with Gasteiger partial charge in [0.1, 0.15) is 12.1 Å². The number of nitrogens with two attached hydrogens (primary N) is 1. The van der Waals surface area contributed by atoms with Crippen LogP contribution in [0.3, 0.4) is 0 Å². The van der Waals surface area contributed by atoms with E-state index in [1.807, 2.05) is 0 Å². The Hall–Kier alpha value is -2.28. The Morgan fingerprint density at radius 3 is 2.58 bits per heavy atom. The Morgan fingerprint density at radius 2 is 2.05 bits per heavy atom. The van der Waals surface area contributed by atoms with Gasteiger partial charge >= 0.3 is 12.0 Å². The number of urea groups is 1. The average Bonchev–Trinajstić information content (AvgIpc) is 2.27. The fourth-order valence-electron chi connectivity index (χ4n) is 1.36. The number of nitrogens with one attached hydrogen (secondary N) is 1. The maximum atomic E-state index is 11.7. The molecule has 1 aromatic rings. The van der Waals surface area contributed by atoms with Crippen LogP contribution < -0.4 is 11.1 Å². The Balaban J connectivity index is 2.94. The number of carboxylic acids is 1. The van der Waals surface area contributed by atoms with Crippen molar-refractivity contribution in [3.05, 3.63) is 28.8 Å². The van der Waals surface area contributed by atoms with E-state index in [1.165, 1.54) is 25.2 Å². The third-order valence-electron chi connectivity index (χ3n) is 2.21. The first-order chi connectivity index (χ1) is 8.82. The highest BCUT2D eigenvalue weighted by Crippen LogP contribution is 2.24. The second-order valence-corrected chi connectivity index (χ2v) is 4.13. The third kappa shape index (κ3) is 3.85. The summed E-state index contributed by atoms with van der Waals surface area (Å²) in [5, 5.41) is 11.4. The van der Waals surface area contributed by atoms with Gasteiger partial charge in [0.25, 0.3) is 0 Å². The Bertz CT molecular complexity index is 533. The van der Waals surface area contributed by atoms with Crippen LogP contribution in [0, 0.1) is 0 Å². The number of anilines is 1. The molecule has 0 aliphatic carbocycles. The molecule has 0 atom stereocenters. The van der Waals surface area contributed by atoms with Crippen LogP contribution in [0.4, 0.5) is 10.5 Å². The molecule has 1 aromatic carbocycles. The number of likely N-dealkylation sites (N-methyl/N-ethyl adjacent to an activating group) is 1. The highest BCUT2D eigenvalue weighted by Gasteiger charge is 2.18. The van der Waals surface area contributed by atoms with E-state index in [1.54, 1.807) is 0 Å². The molecule has 7 nitrogen and oxygen atoms in total. The monoisotopic (exact) mass is 285 g/mol. The highest BCUT2D eigenvalue weighted by molar-refractivity contribution is 6.34. The molecule has 0 radical (unpaired) electrons. The summed E-state index contributed by atoms with van der Waals surface area (Å²) in [4.78, 5) is 34.5. The normalized spacial score (nSPS) is 9.79. The smallest absolute Gasteiger partial charge is 0.339 e. The first-order valence-corrected chi connectivity index (χ1v) is 5.53. The van der Waals surface area contributed by atoms with Gasteiger partial charge in [-0.15, -0.1) is 0 Å². The van der Waals surface area contributed by atoms with E-state index < -0.39 is 17.9 Å². The molecular weight excluding hydrogens is 274 g/mol. The van der Waals surface area contributed by atoms with Gasteiger partial charge in [-0.3, -0.25) is 4.79 Å². The fourth-order valence-corrected chi connectivity index (χ4v) is 1.62. The van der Waals surface area contributed by atoms with E-state index in [4.69, 9.17) is 22.4 Å². The van der Waals surface area contributed by atoms with Crippen molar-refractivity contribution in [2.45, 2.75) is 0 Å². The summed E-state index contributed by atoms with van der Waals surface area (Å²) in [5.74, 6) is -1.94. The number of hydrogen-bond donors (Lipinski definition) is 3. The van der Waals surface area contributed by atoms with E-state index in [9.17, 15) is 14.4 Å². The summed E-state index contributed by atoms with van der Waals surface area (Å²) in [6, 6.07) is 3.63. The first kappa shape index (κ1) is 14.8. The number of hydrogen-bond acceptors (Lipinski definition) is 3. The number of rotatable bonds is 4. The molecule has 0 spiro atoms. The molecule has 0 bridgehead atoms. The van der Waals surface area contributed by atoms with Gasteiger partial charge < -0.3 is 21.1 Å². The van der Waals surface area contributed by atoms with E-state index in [0.29, 0.717) is 0 Å². The van der Waals surface area contributed by atoms with Gasteiger partial charge in [0.15, 0.2) is 0 Å². The van der Waals surface area contributed by atoms with E-state index in [-0.39, 0.29) is 22.8 Å². The van der Waals surface area contributed by atoms with Gasteiger partial charge in [0.2, 0.25) is 5.91 Å². The number of benzene rings is 1. The Labute approximate surface area is 113 Å². The predicted octanol–water partition coefficient (Wildman–Crippen LogP) is 0.987. The molecular formula is C11H12ClN3O4. The van der Waals surface area contributed by atoms with Gasteiger partial charge in [0.05, 0.1) is 10.7 Å². The van der Waals surface area contributed by atoms with E-state index in [2.05, 4.69) is 5.32 Å². The zero-order chi connectivity index (χ0) is 14.6. The van der Waals surface area contributed by atoms with Crippen LogP contribution >= 0.6 is 11.6 Å².